The number of hydrogen-bond donors (Lipinski definition) is 3. The molecule has 1 aliphatic rings. The van der Waals surface area contributed by atoms with Crippen molar-refractivity contribution in [2.24, 2.45) is 16.6 Å². The van der Waals surface area contributed by atoms with Crippen LogP contribution in [0.3, 0.4) is 0 Å². The van der Waals surface area contributed by atoms with Gasteiger partial charge in [-0.25, -0.2) is 4.79 Å². The second-order valence-electron chi connectivity index (χ2n) is 11.9. The third-order valence-corrected chi connectivity index (χ3v) is 5.53. The third kappa shape index (κ3) is 8.29. The molecule has 1 rings (SSSR count). The number of nitrogens with zero attached hydrogens (tertiary/aromatic N) is 1. The van der Waals surface area contributed by atoms with Crippen LogP contribution in [0.2, 0.25) is 0 Å². The number of ketones is 1. The van der Waals surface area contributed by atoms with Crippen LogP contribution in [0.5, 0.6) is 0 Å². The Labute approximate surface area is 202 Å². The van der Waals surface area contributed by atoms with E-state index in [2.05, 4.69) is 10.6 Å². The molecule has 0 aromatic rings. The predicted octanol–water partition coefficient (Wildman–Crippen LogP) is 1.89. The van der Waals surface area contributed by atoms with Crippen molar-refractivity contribution in [1.82, 2.24) is 15.5 Å². The van der Waals surface area contributed by atoms with Crippen molar-refractivity contribution < 1.29 is 28.7 Å². The summed E-state index contributed by atoms with van der Waals surface area (Å²) >= 11 is 0. The van der Waals surface area contributed by atoms with Gasteiger partial charge in [0.15, 0.2) is 0 Å². The first-order chi connectivity index (χ1) is 15.3. The Morgan fingerprint density at radius 3 is 2.06 bits per heavy atom. The number of nitrogens with one attached hydrogen (secondary N) is 2. The average molecular weight is 483 g/mol. The van der Waals surface area contributed by atoms with E-state index in [1.165, 1.54) is 4.90 Å². The molecule has 1 heterocycles. The van der Waals surface area contributed by atoms with Gasteiger partial charge in [0.25, 0.3) is 5.91 Å². The quantitative estimate of drug-likeness (QED) is 0.450. The smallest absolute Gasteiger partial charge is 0.408 e. The van der Waals surface area contributed by atoms with Crippen molar-refractivity contribution in [1.29, 1.82) is 0 Å². The Hall–Kier alpha value is -2.65. The molecule has 0 saturated carbocycles. The van der Waals surface area contributed by atoms with Crippen molar-refractivity contribution >= 4 is 29.6 Å². The molecule has 194 valence electrons. The third-order valence-electron chi connectivity index (χ3n) is 5.53. The van der Waals surface area contributed by atoms with Crippen LogP contribution in [0.15, 0.2) is 0 Å². The van der Waals surface area contributed by atoms with Crippen molar-refractivity contribution in [2.45, 2.75) is 105 Å². The maximum Gasteiger partial charge on any atom is 0.408 e. The summed E-state index contributed by atoms with van der Waals surface area (Å²) < 4.78 is 5.34. The summed E-state index contributed by atoms with van der Waals surface area (Å²) in [6.07, 6.45) is 0.435. The van der Waals surface area contributed by atoms with Crippen LogP contribution < -0.4 is 16.4 Å². The first-order valence-corrected chi connectivity index (χ1v) is 11.7. The van der Waals surface area contributed by atoms with E-state index in [9.17, 15) is 24.0 Å². The standard InChI is InChI=1S/C24H42N4O6/c1-10-11-14(16(29)18(25)30)26-19(31)15-12-24(8,9)13-28(15)20(32)17(22(2,3)4)27-21(33)34-23(5,6)7/h14-15,17H,10-13H2,1-9H3,(H2,25,30)(H,26,31)(H,27,33)/t14?,15?,17-/m1/s1. The summed E-state index contributed by atoms with van der Waals surface area (Å²) in [6.45, 7) is 16.6. The number of ether oxygens (including phenoxy) is 1. The summed E-state index contributed by atoms with van der Waals surface area (Å²) in [5, 5.41) is 5.29. The summed E-state index contributed by atoms with van der Waals surface area (Å²) in [6, 6.07) is -2.87. The molecule has 34 heavy (non-hydrogen) atoms. The largest absolute Gasteiger partial charge is 0.444 e. The predicted molar refractivity (Wildman–Crippen MR) is 128 cm³/mol. The number of rotatable bonds is 8. The molecule has 10 nitrogen and oxygen atoms in total. The normalized spacial score (nSPS) is 19.7. The minimum absolute atomic E-state index is 0.252. The van der Waals surface area contributed by atoms with Gasteiger partial charge in [-0.15, -0.1) is 0 Å². The molecule has 0 aromatic heterocycles. The van der Waals surface area contributed by atoms with Gasteiger partial charge in [0, 0.05) is 6.54 Å². The van der Waals surface area contributed by atoms with Crippen LogP contribution in [0, 0.1) is 10.8 Å². The summed E-state index contributed by atoms with van der Waals surface area (Å²) in [4.78, 5) is 64.4. The lowest BCUT2D eigenvalue weighted by atomic mass is 9.85. The number of primary amides is 1. The molecule has 1 fully saturated rings. The molecule has 0 spiro atoms. The van der Waals surface area contributed by atoms with Gasteiger partial charge in [-0.2, -0.15) is 0 Å². The van der Waals surface area contributed by atoms with Gasteiger partial charge in [0.2, 0.25) is 17.6 Å². The topological polar surface area (TPSA) is 148 Å². The number of Topliss-reactive ketones (excluding diaryl/α,β-unsaturated/α-hetero) is 1. The molecule has 1 aliphatic heterocycles. The molecule has 0 radical (unpaired) electrons. The van der Waals surface area contributed by atoms with Gasteiger partial charge in [0.05, 0.1) is 6.04 Å². The Bertz CT molecular complexity index is 809. The number of hydrogen-bond acceptors (Lipinski definition) is 6. The molecule has 10 heteroatoms. The number of nitrogens with two attached hydrogens (primary N) is 1. The van der Waals surface area contributed by atoms with Gasteiger partial charge in [-0.3, -0.25) is 19.2 Å². The Morgan fingerprint density at radius 2 is 1.62 bits per heavy atom. The molecular weight excluding hydrogens is 440 g/mol. The van der Waals surface area contributed by atoms with E-state index >= 15 is 0 Å². The number of likely N-dealkylation sites (tertiary alicyclic amines) is 1. The lowest BCUT2D eigenvalue weighted by molar-refractivity contribution is -0.143. The van der Waals surface area contributed by atoms with Gasteiger partial charge >= 0.3 is 6.09 Å². The Kier molecular flexibility index (Phi) is 9.28. The molecule has 4 amide bonds. The SMILES string of the molecule is CCCC(NC(=O)C1CC(C)(C)CN1C(=O)[C@@H](NC(=O)OC(C)(C)C)C(C)(C)C)C(=O)C(N)=O. The maximum atomic E-state index is 13.7. The average Bonchev–Trinajstić information content (AvgIpc) is 2.98. The highest BCUT2D eigenvalue weighted by molar-refractivity contribution is 6.37. The number of carbonyl (C=O) groups excluding carboxylic acids is 5. The van der Waals surface area contributed by atoms with E-state index in [4.69, 9.17) is 10.5 Å². The van der Waals surface area contributed by atoms with Gasteiger partial charge < -0.3 is 26.0 Å². The van der Waals surface area contributed by atoms with Crippen LogP contribution in [0.25, 0.3) is 0 Å². The zero-order valence-electron chi connectivity index (χ0n) is 22.0. The highest BCUT2D eigenvalue weighted by Gasteiger charge is 2.48. The van der Waals surface area contributed by atoms with Crippen LogP contribution in [0.4, 0.5) is 4.79 Å². The highest BCUT2D eigenvalue weighted by atomic mass is 16.6. The first kappa shape index (κ1) is 29.4. The van der Waals surface area contributed by atoms with Crippen LogP contribution in [-0.2, 0) is 23.9 Å². The Balaban J connectivity index is 3.21. The molecular formula is C24H42N4O6. The zero-order valence-corrected chi connectivity index (χ0v) is 22.0. The van der Waals surface area contributed by atoms with Crippen LogP contribution >= 0.6 is 0 Å². The van der Waals surface area contributed by atoms with E-state index in [0.29, 0.717) is 12.8 Å². The summed E-state index contributed by atoms with van der Waals surface area (Å²) in [5.74, 6) is -2.94. The second kappa shape index (κ2) is 10.7. The molecule has 3 atom stereocenters. The first-order valence-electron chi connectivity index (χ1n) is 11.7. The van der Waals surface area contributed by atoms with E-state index < -0.39 is 58.7 Å². The van der Waals surface area contributed by atoms with E-state index in [1.807, 2.05) is 41.5 Å². The van der Waals surface area contributed by atoms with E-state index in [-0.39, 0.29) is 18.4 Å². The van der Waals surface area contributed by atoms with Gasteiger partial charge in [-0.05, 0) is 44.4 Å². The highest BCUT2D eigenvalue weighted by Crippen LogP contribution is 2.36. The fraction of sp³-hybridized carbons (Fsp3) is 0.792. The minimum atomic E-state index is -1.12. The minimum Gasteiger partial charge on any atom is -0.444 e. The van der Waals surface area contributed by atoms with Crippen LogP contribution in [-0.4, -0.2) is 64.8 Å². The van der Waals surface area contributed by atoms with Crippen molar-refractivity contribution in [3.05, 3.63) is 0 Å². The summed E-state index contributed by atoms with van der Waals surface area (Å²) in [7, 11) is 0. The van der Waals surface area contributed by atoms with Gasteiger partial charge in [-0.1, -0.05) is 48.0 Å². The molecule has 0 aliphatic carbocycles. The lowest BCUT2D eigenvalue weighted by Gasteiger charge is -2.36. The molecule has 2 unspecified atom stereocenters. The number of alkyl carbamates (subject to hydrolysis) is 1. The number of amides is 4. The Morgan fingerprint density at radius 1 is 1.06 bits per heavy atom. The zero-order chi connectivity index (χ0) is 26.6. The summed E-state index contributed by atoms with van der Waals surface area (Å²) in [5.41, 5.74) is 3.35. The van der Waals surface area contributed by atoms with Crippen molar-refractivity contribution in [2.75, 3.05) is 6.54 Å². The fourth-order valence-electron chi connectivity index (χ4n) is 3.97. The number of carbonyl (C=O) groups is 5. The fourth-order valence-corrected chi connectivity index (χ4v) is 3.97. The second-order valence-corrected chi connectivity index (χ2v) is 11.9. The monoisotopic (exact) mass is 482 g/mol. The maximum absolute atomic E-state index is 13.7. The van der Waals surface area contributed by atoms with Crippen molar-refractivity contribution in [3.63, 3.8) is 0 Å². The van der Waals surface area contributed by atoms with Gasteiger partial charge in [0.1, 0.15) is 17.7 Å². The van der Waals surface area contributed by atoms with Crippen LogP contribution in [0.1, 0.15) is 81.6 Å². The molecule has 0 bridgehead atoms. The molecule has 4 N–H and O–H groups in total. The van der Waals surface area contributed by atoms with Crippen molar-refractivity contribution in [3.8, 4) is 0 Å². The molecule has 0 aromatic carbocycles. The van der Waals surface area contributed by atoms with E-state index in [1.54, 1.807) is 20.8 Å². The van der Waals surface area contributed by atoms with E-state index in [0.717, 1.165) is 0 Å². The molecule has 1 saturated heterocycles. The lowest BCUT2D eigenvalue weighted by Crippen LogP contribution is -2.59.